The van der Waals surface area contributed by atoms with Crippen molar-refractivity contribution in [2.45, 2.75) is 0 Å². The third kappa shape index (κ3) is 120. The van der Waals surface area contributed by atoms with E-state index in [1.165, 1.54) is 0 Å². The minimum absolute atomic E-state index is 0. The zero-order valence-corrected chi connectivity index (χ0v) is 15.4. The van der Waals surface area contributed by atoms with Crippen molar-refractivity contribution in [3.8, 4) is 0 Å². The van der Waals surface area contributed by atoms with Crippen LogP contribution in [0.2, 0.25) is 0 Å². The molecule has 0 aliphatic carbocycles. The van der Waals surface area contributed by atoms with Gasteiger partial charge in [0.05, 0.1) is 0 Å². The van der Waals surface area contributed by atoms with Gasteiger partial charge < -0.3 is 71.7 Å². The Morgan fingerprint density at radius 3 is 0.741 bits per heavy atom. The summed E-state index contributed by atoms with van der Waals surface area (Å²) < 4.78 is 11.2. The molecule has 27 heavy (non-hydrogen) atoms. The maximum atomic E-state index is 9.84. The van der Waals surface area contributed by atoms with Crippen LogP contribution in [-0.2, 0) is 11.4 Å². The summed E-state index contributed by atoms with van der Waals surface area (Å²) in [5.41, 5.74) is 0. The Hall–Kier alpha value is -2.48. The monoisotopic (exact) mass is 424 g/mol. The third-order valence-corrected chi connectivity index (χ3v) is 1.77. The molecule has 0 fully saturated rings. The summed E-state index contributed by atoms with van der Waals surface area (Å²) in [5.74, 6) is 0. The van der Waals surface area contributed by atoms with Gasteiger partial charge >= 0.3 is 75.5 Å². The van der Waals surface area contributed by atoms with Crippen LogP contribution in [0.3, 0.4) is 0 Å². The van der Waals surface area contributed by atoms with Crippen molar-refractivity contribution in [3.63, 3.8) is 0 Å². The molecular formula is C6H6AlLiMgO18. The van der Waals surface area contributed by atoms with Crippen LogP contribution in [0, 0.1) is 0 Å². The van der Waals surface area contributed by atoms with E-state index in [1.807, 2.05) is 0 Å². The molecule has 0 radical (unpaired) electrons. The second kappa shape index (κ2) is 25.8. The van der Waals surface area contributed by atoms with Gasteiger partial charge in [-0.3, -0.25) is 0 Å². The van der Waals surface area contributed by atoms with Crippen LogP contribution in [0.15, 0.2) is 0 Å². The van der Waals surface area contributed by atoms with Crippen molar-refractivity contribution in [1.82, 2.24) is 0 Å². The second-order valence-electron chi connectivity index (χ2n) is 2.24. The molecule has 0 spiro atoms. The molecule has 0 aromatic rings. The van der Waals surface area contributed by atoms with Crippen molar-refractivity contribution in [2.75, 3.05) is 0 Å². The van der Waals surface area contributed by atoms with Crippen LogP contribution in [0.4, 0.5) is 28.8 Å². The van der Waals surface area contributed by atoms with E-state index in [1.54, 1.807) is 0 Å². The van der Waals surface area contributed by atoms with Crippen molar-refractivity contribution in [2.24, 2.45) is 0 Å². The van der Waals surface area contributed by atoms with Crippen molar-refractivity contribution in [1.29, 1.82) is 0 Å². The Bertz CT molecular complexity index is 388. The Morgan fingerprint density at radius 2 is 0.667 bits per heavy atom. The van der Waals surface area contributed by atoms with E-state index in [-0.39, 0.29) is 41.9 Å². The van der Waals surface area contributed by atoms with Crippen LogP contribution in [0.25, 0.3) is 0 Å². The molecule has 0 amide bonds. The zero-order chi connectivity index (χ0) is 21.2. The van der Waals surface area contributed by atoms with Crippen molar-refractivity contribution < 1.29 is 105 Å². The van der Waals surface area contributed by atoms with Gasteiger partial charge in [0.15, 0.2) is 0 Å². The first-order valence-corrected chi connectivity index (χ1v) is 5.91. The Morgan fingerprint density at radius 1 is 0.556 bits per heavy atom. The molecule has 21 heteroatoms. The van der Waals surface area contributed by atoms with E-state index in [0.29, 0.717) is 0 Å². The van der Waals surface area contributed by atoms with Gasteiger partial charge in [-0.2, -0.15) is 0 Å². The van der Waals surface area contributed by atoms with E-state index in [2.05, 4.69) is 11.4 Å². The minimum atomic E-state index is -3.71. The summed E-state index contributed by atoms with van der Waals surface area (Å²) in [6.07, 6.45) is -11.9. The van der Waals surface area contributed by atoms with E-state index < -0.39 is 52.1 Å². The third-order valence-electron chi connectivity index (χ3n) is 0.591. The first kappa shape index (κ1) is 39.5. The number of hydrogen-bond acceptors (Lipinski definition) is 12. The molecule has 0 saturated heterocycles. The molecule has 144 valence electrons. The van der Waals surface area contributed by atoms with E-state index >= 15 is 0 Å². The van der Waals surface area contributed by atoms with Crippen molar-refractivity contribution >= 4 is 75.1 Å². The first-order valence-electron chi connectivity index (χ1n) is 4.50. The van der Waals surface area contributed by atoms with Crippen molar-refractivity contribution in [3.05, 3.63) is 0 Å². The fourth-order valence-electron chi connectivity index (χ4n) is 0.319. The quantitative estimate of drug-likeness (QED) is 0.229. The van der Waals surface area contributed by atoms with Crippen LogP contribution in [0.1, 0.15) is 0 Å². The topological polar surface area (TPSA) is 321 Å². The summed E-state index contributed by atoms with van der Waals surface area (Å²) in [7, 11) is 0. The smallest absolute Gasteiger partial charge is 0.565 e. The molecule has 6 N–H and O–H groups in total. The fraction of sp³-hybridized carbons (Fsp3) is 0. The van der Waals surface area contributed by atoms with E-state index in [4.69, 9.17) is 60.3 Å². The molecule has 0 aliphatic rings. The average molecular weight is 424 g/mol. The van der Waals surface area contributed by atoms with Gasteiger partial charge in [-0.05, 0) is 0 Å². The summed E-state index contributed by atoms with van der Waals surface area (Å²) in [6, 6.07) is 0. The summed E-state index contributed by atoms with van der Waals surface area (Å²) in [4.78, 5) is 54.9. The molecule has 18 nitrogen and oxygen atoms in total. The second-order valence-corrected chi connectivity index (χ2v) is 3.52. The molecule has 0 heterocycles. The van der Waals surface area contributed by atoms with Crippen LogP contribution in [-0.4, -0.2) is 106 Å². The van der Waals surface area contributed by atoms with Gasteiger partial charge in [-0.15, -0.1) is 0 Å². The maximum Gasteiger partial charge on any atom is 2.00 e. The van der Waals surface area contributed by atoms with E-state index in [0.717, 1.165) is 0 Å². The molecule has 0 bridgehead atoms. The SMILES string of the molecule is O=C(O)[O][Al]([O]C(=O)O)[O]C(=O)O.O=C([O-])O.O=C([O-])O.O=C([O-])O.[Li+].[Mg+2]. The van der Waals surface area contributed by atoms with Crippen LogP contribution < -0.4 is 34.2 Å². The molecule has 0 aromatic heterocycles. The fourth-order valence-corrected chi connectivity index (χ4v) is 0.957. The van der Waals surface area contributed by atoms with Gasteiger partial charge in [0.2, 0.25) is 18.5 Å². The maximum absolute atomic E-state index is 9.84. The summed E-state index contributed by atoms with van der Waals surface area (Å²) >= 11 is -3.71. The Kier molecular flexibility index (Phi) is 37.7. The molecule has 0 unspecified atom stereocenters. The van der Waals surface area contributed by atoms with Gasteiger partial charge in [-0.1, -0.05) is 0 Å². The number of carbonyl (C=O) groups is 6. The number of hydrogen-bond donors (Lipinski definition) is 6. The molecule has 0 aliphatic heterocycles. The largest absolute Gasteiger partial charge is 2.00 e. The van der Waals surface area contributed by atoms with Gasteiger partial charge in [0.1, 0.15) is 0 Å². The predicted octanol–water partition coefficient (Wildman–Crippen LogP) is -6.66. The van der Waals surface area contributed by atoms with Gasteiger partial charge in [0.25, 0.3) is 0 Å². The molecule has 0 saturated carbocycles. The minimum Gasteiger partial charge on any atom is -0.565 e. The Labute approximate surface area is 179 Å². The van der Waals surface area contributed by atoms with Gasteiger partial charge in [0, 0.05) is 0 Å². The van der Waals surface area contributed by atoms with Crippen LogP contribution in [0.5, 0.6) is 0 Å². The first-order chi connectivity index (χ1) is 11.1. The number of carboxylic acid groups (broad SMARTS) is 9. The van der Waals surface area contributed by atoms with Gasteiger partial charge in [-0.25, -0.2) is 14.4 Å². The zero-order valence-electron chi connectivity index (χ0n) is 12.9. The normalized spacial score (nSPS) is 6.67. The average Bonchev–Trinajstić information content (AvgIpc) is 2.22. The van der Waals surface area contributed by atoms with E-state index in [9.17, 15) is 14.4 Å². The molecular weight excluding hydrogens is 418 g/mol. The summed E-state index contributed by atoms with van der Waals surface area (Å²) in [6.45, 7) is 0. The van der Waals surface area contributed by atoms with Crippen LogP contribution >= 0.6 is 0 Å². The molecule has 0 atom stereocenters. The molecule has 0 aromatic carbocycles. The summed E-state index contributed by atoms with van der Waals surface area (Å²) in [5, 5.41) is 69.8. The number of rotatable bonds is 3. The Balaban J connectivity index is -0.0000000655. The standard InChI is InChI=1S/6CH2O3.Al.Li.Mg/c6*2-1(3)4;;;/h6*(H2,2,3,4);;;/q;;;;;;+3;+1;+2/p-6. The molecule has 0 rings (SSSR count). The predicted molar refractivity (Wildman–Crippen MR) is 62.9 cm³/mol.